The zero-order valence-corrected chi connectivity index (χ0v) is 20.5. The molecule has 1 atom stereocenters. The molecule has 7 heteroatoms. The summed E-state index contributed by atoms with van der Waals surface area (Å²) in [5.74, 6) is -1.00. The van der Waals surface area contributed by atoms with Gasteiger partial charge in [-0.15, -0.1) is 0 Å². The smallest absolute Gasteiger partial charge is 0.295 e. The second-order valence-electron chi connectivity index (χ2n) is 9.39. The molecule has 0 spiro atoms. The molecule has 0 unspecified atom stereocenters. The Morgan fingerprint density at radius 3 is 2.41 bits per heavy atom. The Balaban J connectivity index is 2.03. The van der Waals surface area contributed by atoms with Crippen LogP contribution >= 0.6 is 0 Å². The topological polar surface area (TPSA) is 70.1 Å². The standard InChI is InChI=1S/C27H33FN2O4/c1-17(2)16-34-22-12-9-20(15-18(22)3)25(31)23-24(19-7-10-21(28)11-8-19)30(27(33)26(23)32)14-6-13-29(4)5/h7-12,15,17,24,31H,6,13-14,16H2,1-5H3/t24-/m0/s1. The van der Waals surface area contributed by atoms with E-state index in [1.165, 1.54) is 17.0 Å². The first-order valence-electron chi connectivity index (χ1n) is 11.5. The van der Waals surface area contributed by atoms with Gasteiger partial charge in [-0.1, -0.05) is 26.0 Å². The lowest BCUT2D eigenvalue weighted by Crippen LogP contribution is -2.32. The van der Waals surface area contributed by atoms with Gasteiger partial charge in [-0.2, -0.15) is 0 Å². The highest BCUT2D eigenvalue weighted by Gasteiger charge is 2.45. The monoisotopic (exact) mass is 468 g/mol. The number of aliphatic hydroxyl groups is 1. The molecule has 6 nitrogen and oxygen atoms in total. The molecule has 1 heterocycles. The first-order valence-corrected chi connectivity index (χ1v) is 11.5. The van der Waals surface area contributed by atoms with Gasteiger partial charge in [0.05, 0.1) is 18.2 Å². The molecular formula is C27H33FN2O4. The van der Waals surface area contributed by atoms with E-state index in [1.54, 1.807) is 30.3 Å². The van der Waals surface area contributed by atoms with Crippen molar-refractivity contribution >= 4 is 17.4 Å². The van der Waals surface area contributed by atoms with E-state index in [4.69, 9.17) is 4.74 Å². The Morgan fingerprint density at radius 2 is 1.82 bits per heavy atom. The van der Waals surface area contributed by atoms with Crippen LogP contribution in [-0.2, 0) is 9.59 Å². The average Bonchev–Trinajstić information content (AvgIpc) is 3.03. The summed E-state index contributed by atoms with van der Waals surface area (Å²) < 4.78 is 19.4. The minimum atomic E-state index is -0.792. The summed E-state index contributed by atoms with van der Waals surface area (Å²) in [6.07, 6.45) is 0.652. The van der Waals surface area contributed by atoms with Crippen LogP contribution in [0.25, 0.3) is 5.76 Å². The maximum absolute atomic E-state index is 13.6. The number of carbonyl (C=O) groups is 2. The Labute approximate surface area is 200 Å². The molecule has 1 amide bonds. The Hall–Kier alpha value is -3.19. The number of benzene rings is 2. The molecule has 1 aliphatic heterocycles. The number of amides is 1. The predicted molar refractivity (Wildman–Crippen MR) is 130 cm³/mol. The van der Waals surface area contributed by atoms with E-state index in [0.29, 0.717) is 42.4 Å². The maximum atomic E-state index is 13.6. The highest BCUT2D eigenvalue weighted by molar-refractivity contribution is 6.46. The van der Waals surface area contributed by atoms with E-state index in [9.17, 15) is 19.1 Å². The van der Waals surface area contributed by atoms with Gasteiger partial charge in [-0.25, -0.2) is 4.39 Å². The van der Waals surface area contributed by atoms with Crippen molar-refractivity contribution in [1.82, 2.24) is 9.80 Å². The average molecular weight is 469 g/mol. The van der Waals surface area contributed by atoms with Crippen LogP contribution < -0.4 is 4.74 Å². The molecule has 0 radical (unpaired) electrons. The predicted octanol–water partition coefficient (Wildman–Crippen LogP) is 4.54. The molecule has 1 saturated heterocycles. The highest BCUT2D eigenvalue weighted by Crippen LogP contribution is 2.40. The lowest BCUT2D eigenvalue weighted by atomic mass is 9.94. The number of Topliss-reactive ketones (excluding diaryl/α,β-unsaturated/α-hetero) is 1. The summed E-state index contributed by atoms with van der Waals surface area (Å²) in [6, 6.07) is 10.1. The van der Waals surface area contributed by atoms with Crippen LogP contribution in [0, 0.1) is 18.7 Å². The number of ether oxygens (including phenoxy) is 1. The molecule has 34 heavy (non-hydrogen) atoms. The van der Waals surface area contributed by atoms with Crippen LogP contribution in [0.15, 0.2) is 48.0 Å². The molecule has 0 aliphatic carbocycles. The molecule has 0 bridgehead atoms. The van der Waals surface area contributed by atoms with Crippen LogP contribution in [0.5, 0.6) is 5.75 Å². The fourth-order valence-electron chi connectivity index (χ4n) is 4.03. The van der Waals surface area contributed by atoms with Gasteiger partial charge in [0.15, 0.2) is 0 Å². The second kappa shape index (κ2) is 10.8. The van der Waals surface area contributed by atoms with Gasteiger partial charge in [-0.3, -0.25) is 9.59 Å². The summed E-state index contributed by atoms with van der Waals surface area (Å²) in [5.41, 5.74) is 1.81. The largest absolute Gasteiger partial charge is 0.507 e. The summed E-state index contributed by atoms with van der Waals surface area (Å²) in [7, 11) is 3.87. The van der Waals surface area contributed by atoms with E-state index in [1.807, 2.05) is 25.9 Å². The number of hydrogen-bond donors (Lipinski definition) is 1. The van der Waals surface area contributed by atoms with Crippen molar-refractivity contribution in [3.63, 3.8) is 0 Å². The molecule has 1 N–H and O–H groups in total. The number of likely N-dealkylation sites (tertiary alicyclic amines) is 1. The number of nitrogens with zero attached hydrogens (tertiary/aromatic N) is 2. The lowest BCUT2D eigenvalue weighted by molar-refractivity contribution is -0.139. The quantitative estimate of drug-likeness (QED) is 0.332. The van der Waals surface area contributed by atoms with E-state index >= 15 is 0 Å². The number of rotatable bonds is 9. The Kier molecular flexibility index (Phi) is 8.10. The zero-order valence-electron chi connectivity index (χ0n) is 20.5. The number of halogens is 1. The molecule has 0 aromatic heterocycles. The van der Waals surface area contributed by atoms with Gasteiger partial charge in [0, 0.05) is 12.1 Å². The molecular weight excluding hydrogens is 435 g/mol. The van der Waals surface area contributed by atoms with Gasteiger partial charge < -0.3 is 19.6 Å². The third-order valence-electron chi connectivity index (χ3n) is 5.75. The number of hydrogen-bond acceptors (Lipinski definition) is 5. The Morgan fingerprint density at radius 1 is 1.15 bits per heavy atom. The second-order valence-corrected chi connectivity index (χ2v) is 9.39. The number of aliphatic hydroxyl groups excluding tert-OH is 1. The molecule has 2 aromatic carbocycles. The first-order chi connectivity index (χ1) is 16.1. The highest BCUT2D eigenvalue weighted by atomic mass is 19.1. The zero-order chi connectivity index (χ0) is 25.0. The van der Waals surface area contributed by atoms with Gasteiger partial charge in [0.1, 0.15) is 17.3 Å². The number of aryl methyl sites for hydroxylation is 1. The molecule has 3 rings (SSSR count). The number of ketones is 1. The van der Waals surface area contributed by atoms with Gasteiger partial charge >= 0.3 is 0 Å². The van der Waals surface area contributed by atoms with Crippen molar-refractivity contribution in [2.45, 2.75) is 33.2 Å². The SMILES string of the molecule is Cc1cc(C(O)=C2C(=O)C(=O)N(CCCN(C)C)[C@H]2c2ccc(F)cc2)ccc1OCC(C)C. The van der Waals surface area contributed by atoms with Crippen molar-refractivity contribution in [3.8, 4) is 5.75 Å². The van der Waals surface area contributed by atoms with E-state index < -0.39 is 23.5 Å². The fourth-order valence-corrected chi connectivity index (χ4v) is 4.03. The van der Waals surface area contributed by atoms with Gasteiger partial charge in [-0.05, 0) is 81.4 Å². The van der Waals surface area contributed by atoms with Crippen LogP contribution in [0.1, 0.15) is 43.0 Å². The molecule has 1 aliphatic rings. The third kappa shape index (κ3) is 5.65. The minimum absolute atomic E-state index is 0.0108. The van der Waals surface area contributed by atoms with Crippen LogP contribution in [0.3, 0.4) is 0 Å². The van der Waals surface area contributed by atoms with Crippen LogP contribution in [-0.4, -0.2) is 60.4 Å². The van der Waals surface area contributed by atoms with Crippen molar-refractivity contribution in [2.24, 2.45) is 5.92 Å². The molecule has 1 fully saturated rings. The normalized spacial score (nSPS) is 17.8. The number of carbonyl (C=O) groups excluding carboxylic acids is 2. The van der Waals surface area contributed by atoms with Crippen molar-refractivity contribution < 1.29 is 23.8 Å². The van der Waals surface area contributed by atoms with Crippen LogP contribution in [0.2, 0.25) is 0 Å². The summed E-state index contributed by atoms with van der Waals surface area (Å²) >= 11 is 0. The summed E-state index contributed by atoms with van der Waals surface area (Å²) in [5, 5.41) is 11.2. The molecule has 0 saturated carbocycles. The fraction of sp³-hybridized carbons (Fsp3) is 0.407. The van der Waals surface area contributed by atoms with E-state index in [0.717, 1.165) is 12.1 Å². The van der Waals surface area contributed by atoms with Crippen molar-refractivity contribution in [2.75, 3.05) is 33.8 Å². The summed E-state index contributed by atoms with van der Waals surface area (Å²) in [6.45, 7) is 7.61. The minimum Gasteiger partial charge on any atom is -0.507 e. The van der Waals surface area contributed by atoms with Crippen LogP contribution in [0.4, 0.5) is 4.39 Å². The molecule has 2 aromatic rings. The third-order valence-corrected chi connectivity index (χ3v) is 5.75. The van der Waals surface area contributed by atoms with E-state index in [2.05, 4.69) is 13.8 Å². The van der Waals surface area contributed by atoms with Crippen molar-refractivity contribution in [3.05, 3.63) is 70.5 Å². The first kappa shape index (κ1) is 25.4. The Bertz CT molecular complexity index is 1080. The van der Waals surface area contributed by atoms with Gasteiger partial charge in [0.25, 0.3) is 11.7 Å². The lowest BCUT2D eigenvalue weighted by Gasteiger charge is -2.26. The van der Waals surface area contributed by atoms with Gasteiger partial charge in [0.2, 0.25) is 0 Å². The maximum Gasteiger partial charge on any atom is 0.295 e. The van der Waals surface area contributed by atoms with Crippen molar-refractivity contribution in [1.29, 1.82) is 0 Å². The molecule has 182 valence electrons. The van der Waals surface area contributed by atoms with E-state index in [-0.39, 0.29) is 11.3 Å². The summed E-state index contributed by atoms with van der Waals surface area (Å²) in [4.78, 5) is 29.5.